The molecular weight excluding hydrogens is 575 g/mol. The maximum atomic E-state index is 14.2. The van der Waals surface area contributed by atoms with Crippen LogP contribution in [0.1, 0.15) is 61.1 Å². The van der Waals surface area contributed by atoms with Crippen molar-refractivity contribution in [3.8, 4) is 0 Å². The van der Waals surface area contributed by atoms with E-state index in [-0.39, 0.29) is 60.1 Å². The maximum Gasteiger partial charge on any atom is 0.269 e. The summed E-state index contributed by atoms with van der Waals surface area (Å²) in [6.45, 7) is 6.47. The summed E-state index contributed by atoms with van der Waals surface area (Å²) in [5.41, 5.74) is 7.13. The molecule has 230 valence electrons. The van der Waals surface area contributed by atoms with Gasteiger partial charge in [0.25, 0.3) is 5.91 Å². The molecule has 0 saturated heterocycles. The van der Waals surface area contributed by atoms with E-state index in [0.29, 0.717) is 17.3 Å². The second-order valence-electron chi connectivity index (χ2n) is 10.8. The molecule has 1 aromatic heterocycles. The number of carbonyl (C=O) groups excluding carboxylic acids is 4. The van der Waals surface area contributed by atoms with Crippen LogP contribution in [0.4, 0.5) is 4.39 Å². The van der Waals surface area contributed by atoms with E-state index in [1.165, 1.54) is 21.7 Å². The third kappa shape index (κ3) is 8.39. The first-order chi connectivity index (χ1) is 20.6. The summed E-state index contributed by atoms with van der Waals surface area (Å²) < 4.78 is 15.6. The smallest absolute Gasteiger partial charge is 0.269 e. The lowest BCUT2D eigenvalue weighted by atomic mass is 10.0. The minimum Gasteiger partial charge on any atom is -0.364 e. The summed E-state index contributed by atoms with van der Waals surface area (Å²) in [4.78, 5) is 54.7. The number of fused-ring (bicyclic) bond motifs is 1. The average Bonchev–Trinajstić information content (AvgIpc) is 3.76. The summed E-state index contributed by atoms with van der Waals surface area (Å²) in [6.07, 6.45) is 2.99. The van der Waals surface area contributed by atoms with E-state index in [9.17, 15) is 23.6 Å². The Bertz CT molecular complexity index is 1500. The van der Waals surface area contributed by atoms with Crippen molar-refractivity contribution in [2.75, 3.05) is 26.2 Å². The molecule has 4 rings (SSSR count). The number of primary amides is 1. The quantitative estimate of drug-likeness (QED) is 0.255. The van der Waals surface area contributed by atoms with Gasteiger partial charge in [-0.2, -0.15) is 5.10 Å². The first kappa shape index (κ1) is 32.1. The lowest BCUT2D eigenvalue weighted by Crippen LogP contribution is -2.43. The van der Waals surface area contributed by atoms with Crippen LogP contribution >= 0.6 is 11.6 Å². The number of hydrogen-bond donors (Lipinski definition) is 2. The van der Waals surface area contributed by atoms with Crippen LogP contribution in [-0.4, -0.2) is 75.3 Å². The minimum atomic E-state index is -0.745. The molecular formula is C31H38ClFN6O4. The summed E-state index contributed by atoms with van der Waals surface area (Å²) in [6, 6.07) is 9.71. The zero-order valence-corrected chi connectivity index (χ0v) is 25.3. The van der Waals surface area contributed by atoms with Crippen molar-refractivity contribution >= 4 is 46.0 Å². The van der Waals surface area contributed by atoms with Crippen molar-refractivity contribution in [2.24, 2.45) is 5.73 Å². The first-order valence-corrected chi connectivity index (χ1v) is 15.0. The van der Waals surface area contributed by atoms with Gasteiger partial charge in [0.2, 0.25) is 11.8 Å². The fourth-order valence-electron chi connectivity index (χ4n) is 5.11. The lowest BCUT2D eigenvalue weighted by Gasteiger charge is -2.22. The molecule has 1 saturated carbocycles. The Labute approximate surface area is 255 Å². The van der Waals surface area contributed by atoms with Crippen molar-refractivity contribution in [3.05, 3.63) is 64.1 Å². The normalized spacial score (nSPS) is 13.0. The van der Waals surface area contributed by atoms with Gasteiger partial charge in [-0.05, 0) is 62.7 Å². The van der Waals surface area contributed by atoms with Crippen LogP contribution in [-0.2, 0) is 33.9 Å². The molecule has 0 bridgehead atoms. The number of aromatic nitrogens is 2. The predicted molar refractivity (Wildman–Crippen MR) is 162 cm³/mol. The number of Topliss-reactive ketones (excluding diaryl/α,β-unsaturated/α-hetero) is 1. The van der Waals surface area contributed by atoms with E-state index in [2.05, 4.69) is 29.2 Å². The number of hydrogen-bond acceptors (Lipinski definition) is 6. The highest BCUT2D eigenvalue weighted by Gasteiger charge is 2.34. The Morgan fingerprint density at radius 2 is 1.88 bits per heavy atom. The Morgan fingerprint density at radius 3 is 2.56 bits per heavy atom. The van der Waals surface area contributed by atoms with Gasteiger partial charge in [-0.1, -0.05) is 43.6 Å². The summed E-state index contributed by atoms with van der Waals surface area (Å²) in [5, 5.41) is 7.40. The molecule has 1 fully saturated rings. The van der Waals surface area contributed by atoms with Crippen molar-refractivity contribution in [1.82, 2.24) is 24.9 Å². The van der Waals surface area contributed by atoms with Crippen LogP contribution in [0.2, 0.25) is 5.02 Å². The number of nitrogens with zero attached hydrogens (tertiary/aromatic N) is 4. The molecule has 2 aromatic carbocycles. The summed E-state index contributed by atoms with van der Waals surface area (Å²) >= 11 is 5.82. The van der Waals surface area contributed by atoms with E-state index in [4.69, 9.17) is 17.3 Å². The molecule has 1 aliphatic rings. The third-order valence-corrected chi connectivity index (χ3v) is 7.98. The number of amides is 3. The van der Waals surface area contributed by atoms with Gasteiger partial charge in [0.1, 0.15) is 18.1 Å². The predicted octanol–water partition coefficient (Wildman–Crippen LogP) is 3.47. The minimum absolute atomic E-state index is 0.0119. The first-order valence-electron chi connectivity index (χ1n) is 14.6. The Balaban J connectivity index is 1.42. The number of nitrogens with one attached hydrogen (secondary N) is 1. The van der Waals surface area contributed by atoms with E-state index >= 15 is 0 Å². The third-order valence-electron chi connectivity index (χ3n) is 7.69. The van der Waals surface area contributed by atoms with E-state index in [1.807, 2.05) is 0 Å². The van der Waals surface area contributed by atoms with Crippen LogP contribution in [0.5, 0.6) is 0 Å². The Hall–Kier alpha value is -3.83. The molecule has 1 aliphatic carbocycles. The number of carbonyl (C=O) groups is 4. The summed E-state index contributed by atoms with van der Waals surface area (Å²) in [7, 11) is 0. The monoisotopic (exact) mass is 612 g/mol. The van der Waals surface area contributed by atoms with Crippen LogP contribution in [0, 0.1) is 5.82 Å². The molecule has 0 aliphatic heterocycles. The van der Waals surface area contributed by atoms with Gasteiger partial charge >= 0.3 is 0 Å². The van der Waals surface area contributed by atoms with Gasteiger partial charge in [-0.3, -0.25) is 23.9 Å². The summed E-state index contributed by atoms with van der Waals surface area (Å²) in [5.74, 6) is -2.02. The molecule has 12 heteroatoms. The van der Waals surface area contributed by atoms with Gasteiger partial charge in [0, 0.05) is 36.4 Å². The largest absolute Gasteiger partial charge is 0.364 e. The van der Waals surface area contributed by atoms with Crippen molar-refractivity contribution in [3.63, 3.8) is 0 Å². The van der Waals surface area contributed by atoms with Crippen molar-refractivity contribution < 1.29 is 23.6 Å². The second kappa shape index (κ2) is 14.6. The Kier molecular flexibility index (Phi) is 10.9. The lowest BCUT2D eigenvalue weighted by molar-refractivity contribution is -0.137. The van der Waals surface area contributed by atoms with Crippen LogP contribution < -0.4 is 11.1 Å². The van der Waals surface area contributed by atoms with Gasteiger partial charge < -0.3 is 20.9 Å². The van der Waals surface area contributed by atoms with E-state index < -0.39 is 17.6 Å². The van der Waals surface area contributed by atoms with Crippen molar-refractivity contribution in [1.29, 1.82) is 0 Å². The molecule has 3 aromatic rings. The number of ketones is 1. The van der Waals surface area contributed by atoms with Gasteiger partial charge in [-0.25, -0.2) is 4.39 Å². The Morgan fingerprint density at radius 1 is 1.14 bits per heavy atom. The second-order valence-corrected chi connectivity index (χ2v) is 11.2. The molecule has 1 heterocycles. The number of benzene rings is 2. The zero-order valence-electron chi connectivity index (χ0n) is 24.6. The van der Waals surface area contributed by atoms with Gasteiger partial charge in [-0.15, -0.1) is 0 Å². The zero-order chi connectivity index (χ0) is 31.1. The fraction of sp³-hybridized carbons (Fsp3) is 0.452. The fourth-order valence-corrected chi connectivity index (χ4v) is 5.30. The molecule has 0 atom stereocenters. The molecule has 0 spiro atoms. The topological polar surface area (TPSA) is 131 Å². The standard InChI is InChI=1S/C31H38ClFN6O4/c1-3-37(4-2)14-6-8-23(40)15-20-10-13-26-24(16-20)30(31(34)43)36-39(26)19-28(42)38(22-11-12-22)18-27(41)35-17-21-7-5-9-25(32)29(21)33/h5,7,9-10,13,16,22H,3-4,6,8,11-12,14-15,17-19H2,1-2H3,(H2,34,43)(H,35,41). The van der Waals surface area contributed by atoms with Crippen LogP contribution in [0.25, 0.3) is 10.9 Å². The molecule has 43 heavy (non-hydrogen) atoms. The molecule has 3 N–H and O–H groups in total. The van der Waals surface area contributed by atoms with Gasteiger partial charge in [0.15, 0.2) is 5.69 Å². The highest BCUT2D eigenvalue weighted by molar-refractivity contribution is 6.30. The number of nitrogens with two attached hydrogens (primary N) is 1. The molecule has 0 radical (unpaired) electrons. The van der Waals surface area contributed by atoms with Crippen molar-refractivity contribution in [2.45, 2.75) is 65.1 Å². The SMILES string of the molecule is CCN(CC)CCCC(=O)Cc1ccc2c(c1)c(C(N)=O)nn2CC(=O)N(CC(=O)NCc1cccc(Cl)c1F)C1CC1. The number of rotatable bonds is 16. The molecule has 0 unspecified atom stereocenters. The van der Waals surface area contributed by atoms with Crippen LogP contribution in [0.3, 0.4) is 0 Å². The van der Waals surface area contributed by atoms with E-state index in [0.717, 1.165) is 44.5 Å². The van der Waals surface area contributed by atoms with Crippen LogP contribution in [0.15, 0.2) is 36.4 Å². The number of halogens is 2. The highest BCUT2D eigenvalue weighted by atomic mass is 35.5. The van der Waals surface area contributed by atoms with Gasteiger partial charge in [0.05, 0.1) is 17.1 Å². The maximum absolute atomic E-state index is 14.2. The molecule has 10 nitrogen and oxygen atoms in total. The average molecular weight is 613 g/mol. The van der Waals surface area contributed by atoms with E-state index in [1.54, 1.807) is 24.3 Å². The highest BCUT2D eigenvalue weighted by Crippen LogP contribution is 2.28. The molecule has 3 amide bonds.